The lowest BCUT2D eigenvalue weighted by molar-refractivity contribution is -0.303. The van der Waals surface area contributed by atoms with Crippen molar-refractivity contribution >= 4 is 5.91 Å². The molecule has 11 nitrogen and oxygen atoms in total. The van der Waals surface area contributed by atoms with E-state index in [4.69, 9.17) is 9.47 Å². The topological polar surface area (TPSA) is 189 Å². The smallest absolute Gasteiger partial charge is 0.249 e. The molecule has 11 heteroatoms. The first-order valence-corrected chi connectivity index (χ1v) is 28.2. The van der Waals surface area contributed by atoms with Gasteiger partial charge in [-0.25, -0.2) is 0 Å². The molecule has 8 N–H and O–H groups in total. The average molecular weight is 954 g/mol. The predicted octanol–water partition coefficient (Wildman–Crippen LogP) is 11.3. The minimum absolute atomic E-state index is 0.262. The molecule has 9 atom stereocenters. The summed E-state index contributed by atoms with van der Waals surface area (Å²) in [5.41, 5.74) is 0. The van der Waals surface area contributed by atoms with E-state index in [0.717, 1.165) is 44.9 Å². The van der Waals surface area contributed by atoms with Crippen LogP contribution in [0.4, 0.5) is 0 Å². The summed E-state index contributed by atoms with van der Waals surface area (Å²) in [5, 5.41) is 75.6. The lowest BCUT2D eigenvalue weighted by Crippen LogP contribution is -2.60. The molecule has 0 aromatic carbocycles. The van der Waals surface area contributed by atoms with Crippen LogP contribution in [0.15, 0.2) is 24.3 Å². The van der Waals surface area contributed by atoms with E-state index in [2.05, 4.69) is 43.5 Å². The summed E-state index contributed by atoms with van der Waals surface area (Å²) in [6.45, 7) is 3.41. The summed E-state index contributed by atoms with van der Waals surface area (Å²) in [7, 11) is 0. The summed E-state index contributed by atoms with van der Waals surface area (Å²) in [6.07, 6.45) is 42.8. The van der Waals surface area contributed by atoms with Gasteiger partial charge in [-0.15, -0.1) is 0 Å². The van der Waals surface area contributed by atoms with Gasteiger partial charge in [0, 0.05) is 0 Å². The van der Waals surface area contributed by atoms with Crippen LogP contribution in [0.5, 0.6) is 0 Å². The third-order valence-electron chi connectivity index (χ3n) is 13.8. The molecule has 1 saturated heterocycles. The molecule has 0 spiro atoms. The summed E-state index contributed by atoms with van der Waals surface area (Å²) in [4.78, 5) is 13.1. The van der Waals surface area contributed by atoms with Crippen molar-refractivity contribution in [1.29, 1.82) is 0 Å². The van der Waals surface area contributed by atoms with Gasteiger partial charge in [-0.05, 0) is 44.9 Å². The largest absolute Gasteiger partial charge is 0.394 e. The molecule has 0 radical (unpaired) electrons. The number of hydrogen-bond acceptors (Lipinski definition) is 10. The fraction of sp³-hybridized carbons (Fsp3) is 0.911. The molecule has 0 saturated carbocycles. The molecule has 1 amide bonds. The molecule has 9 unspecified atom stereocenters. The number of aliphatic hydroxyl groups is 7. The van der Waals surface area contributed by atoms with Gasteiger partial charge in [0.15, 0.2) is 6.29 Å². The Morgan fingerprint density at radius 2 is 0.910 bits per heavy atom. The molecule has 0 aliphatic carbocycles. The quantitative estimate of drug-likeness (QED) is 0.0215. The van der Waals surface area contributed by atoms with Crippen LogP contribution in [-0.4, -0.2) is 110 Å². The van der Waals surface area contributed by atoms with Crippen molar-refractivity contribution in [3.05, 3.63) is 24.3 Å². The van der Waals surface area contributed by atoms with Crippen LogP contribution in [0.25, 0.3) is 0 Å². The fourth-order valence-corrected chi connectivity index (χ4v) is 9.12. The fourth-order valence-electron chi connectivity index (χ4n) is 9.12. The number of nitrogens with one attached hydrogen (secondary N) is 1. The predicted molar refractivity (Wildman–Crippen MR) is 275 cm³/mol. The maximum Gasteiger partial charge on any atom is 0.249 e. The number of allylic oxidation sites excluding steroid dienone is 4. The molecular formula is C56H107NO10. The second-order valence-electron chi connectivity index (χ2n) is 20.0. The summed E-state index contributed by atoms with van der Waals surface area (Å²) >= 11 is 0. The Bertz CT molecular complexity index is 1140. The normalized spacial score (nSPS) is 20.8. The molecule has 1 fully saturated rings. The van der Waals surface area contributed by atoms with Crippen molar-refractivity contribution in [2.45, 2.75) is 313 Å². The Morgan fingerprint density at radius 1 is 0.522 bits per heavy atom. The third kappa shape index (κ3) is 34.5. The van der Waals surface area contributed by atoms with Crippen LogP contribution >= 0.6 is 0 Å². The van der Waals surface area contributed by atoms with Crippen LogP contribution in [0.3, 0.4) is 0 Å². The van der Waals surface area contributed by atoms with E-state index in [1.54, 1.807) is 0 Å². The summed E-state index contributed by atoms with van der Waals surface area (Å²) in [5.74, 6) is -0.697. The first-order chi connectivity index (χ1) is 32.7. The zero-order chi connectivity index (χ0) is 49.0. The van der Waals surface area contributed by atoms with E-state index >= 15 is 0 Å². The van der Waals surface area contributed by atoms with Crippen molar-refractivity contribution < 1.29 is 50.0 Å². The van der Waals surface area contributed by atoms with Crippen LogP contribution < -0.4 is 5.32 Å². The van der Waals surface area contributed by atoms with E-state index < -0.39 is 74.2 Å². The van der Waals surface area contributed by atoms with Crippen molar-refractivity contribution in [1.82, 2.24) is 5.32 Å². The Hall–Kier alpha value is -1.41. The highest BCUT2D eigenvalue weighted by atomic mass is 16.7. The Kier molecular flexibility index (Phi) is 43.4. The van der Waals surface area contributed by atoms with Gasteiger partial charge >= 0.3 is 0 Å². The van der Waals surface area contributed by atoms with Gasteiger partial charge in [-0.1, -0.05) is 237 Å². The van der Waals surface area contributed by atoms with E-state index in [9.17, 15) is 40.5 Å². The van der Waals surface area contributed by atoms with Crippen LogP contribution in [0.1, 0.15) is 258 Å². The monoisotopic (exact) mass is 954 g/mol. The molecule has 67 heavy (non-hydrogen) atoms. The lowest BCUT2D eigenvalue weighted by Gasteiger charge is -2.40. The van der Waals surface area contributed by atoms with Gasteiger partial charge in [0.25, 0.3) is 0 Å². The van der Waals surface area contributed by atoms with Gasteiger partial charge in [-0.2, -0.15) is 0 Å². The molecule has 0 aromatic heterocycles. The Labute approximate surface area is 410 Å². The standard InChI is InChI=1S/C56H107NO10/c1-3-5-7-9-11-13-14-15-16-17-18-19-20-21-22-23-24-25-26-27-28-29-30-31-32-33-34-35-36-38-40-42-44-49(60)55(65)57-47(46-66-56-54(64)53(63)52(62)50(45-58)67-56)51(61)48(59)43-41-39-37-12-10-8-6-4-2/h18-19,21-22,47-54,56,58-64H,3-17,20,23-46H2,1-2H3,(H,57,65)/b19-18-,22-21-. The number of aliphatic hydroxyl groups excluding tert-OH is 7. The molecule has 1 heterocycles. The van der Waals surface area contributed by atoms with Crippen molar-refractivity contribution in [2.75, 3.05) is 13.2 Å². The van der Waals surface area contributed by atoms with Gasteiger partial charge < -0.3 is 50.5 Å². The van der Waals surface area contributed by atoms with E-state index in [1.807, 2.05) is 0 Å². The molecule has 1 aliphatic rings. The van der Waals surface area contributed by atoms with E-state index in [-0.39, 0.29) is 6.42 Å². The maximum atomic E-state index is 13.1. The van der Waals surface area contributed by atoms with Gasteiger partial charge in [0.1, 0.15) is 36.6 Å². The zero-order valence-electron chi connectivity index (χ0n) is 43.1. The van der Waals surface area contributed by atoms with Crippen molar-refractivity contribution in [3.63, 3.8) is 0 Å². The van der Waals surface area contributed by atoms with Crippen molar-refractivity contribution in [2.24, 2.45) is 0 Å². The average Bonchev–Trinajstić information content (AvgIpc) is 3.33. The minimum atomic E-state index is -1.66. The second kappa shape index (κ2) is 45.7. The second-order valence-corrected chi connectivity index (χ2v) is 20.0. The van der Waals surface area contributed by atoms with E-state index in [0.29, 0.717) is 19.3 Å². The van der Waals surface area contributed by atoms with Gasteiger partial charge in [0.2, 0.25) is 5.91 Å². The maximum absolute atomic E-state index is 13.1. The highest BCUT2D eigenvalue weighted by molar-refractivity contribution is 5.80. The molecule has 0 aromatic rings. The number of hydrogen-bond donors (Lipinski definition) is 8. The number of carbonyl (C=O) groups excluding carboxylic acids is 1. The first-order valence-electron chi connectivity index (χ1n) is 28.2. The first kappa shape index (κ1) is 63.6. The van der Waals surface area contributed by atoms with Crippen molar-refractivity contribution in [3.8, 4) is 0 Å². The molecular weight excluding hydrogens is 847 g/mol. The Balaban J connectivity index is 2.15. The van der Waals surface area contributed by atoms with Gasteiger partial charge in [0.05, 0.1) is 25.4 Å². The van der Waals surface area contributed by atoms with Gasteiger partial charge in [-0.3, -0.25) is 4.79 Å². The Morgan fingerprint density at radius 3 is 1.33 bits per heavy atom. The van der Waals surface area contributed by atoms with E-state index in [1.165, 1.54) is 173 Å². The van der Waals surface area contributed by atoms with Crippen LogP contribution in [0.2, 0.25) is 0 Å². The number of unbranched alkanes of at least 4 members (excludes halogenated alkanes) is 32. The minimum Gasteiger partial charge on any atom is -0.394 e. The summed E-state index contributed by atoms with van der Waals surface area (Å²) in [6, 6.07) is -1.16. The van der Waals surface area contributed by atoms with Crippen LogP contribution in [-0.2, 0) is 14.3 Å². The number of amides is 1. The number of rotatable bonds is 48. The third-order valence-corrected chi connectivity index (χ3v) is 13.8. The number of ether oxygens (including phenoxy) is 2. The molecule has 396 valence electrons. The molecule has 1 aliphatic heterocycles. The highest BCUT2D eigenvalue weighted by Gasteiger charge is 2.44. The lowest BCUT2D eigenvalue weighted by atomic mass is 9.98. The molecule has 0 bridgehead atoms. The molecule has 1 rings (SSSR count). The number of carbonyl (C=O) groups is 1. The van der Waals surface area contributed by atoms with Crippen LogP contribution in [0, 0.1) is 0 Å². The highest BCUT2D eigenvalue weighted by Crippen LogP contribution is 2.23. The summed E-state index contributed by atoms with van der Waals surface area (Å²) < 4.78 is 11.1. The SMILES string of the molecule is CCCCCCCCCCC/C=C\C/C=C\CCCCCCCCCCCCCCCCCCC(O)C(=O)NC(COC1OC(CO)C(O)C(O)C1O)C(O)C(O)CCCCCCCCCC. The zero-order valence-corrected chi connectivity index (χ0v) is 43.1.